The van der Waals surface area contributed by atoms with Crippen molar-refractivity contribution in [2.24, 2.45) is 5.92 Å². The summed E-state index contributed by atoms with van der Waals surface area (Å²) < 4.78 is 10.9. The number of benzene rings is 1. The molecule has 0 spiro atoms. The number of rotatable bonds is 5. The summed E-state index contributed by atoms with van der Waals surface area (Å²) in [5, 5.41) is 3.01. The average Bonchev–Trinajstić information content (AvgIpc) is 3.04. The largest absolute Gasteiger partial charge is 0.493 e. The minimum Gasteiger partial charge on any atom is -0.493 e. The van der Waals surface area contributed by atoms with E-state index >= 15 is 0 Å². The SMILES string of the molecule is O=C(NCCC[C@H]1CCOC1)c1ccc2c(c1)CCCO2. The molecule has 0 aromatic heterocycles. The van der Waals surface area contributed by atoms with Gasteiger partial charge in [0.15, 0.2) is 0 Å². The highest BCUT2D eigenvalue weighted by atomic mass is 16.5. The summed E-state index contributed by atoms with van der Waals surface area (Å²) in [4.78, 5) is 12.1. The lowest BCUT2D eigenvalue weighted by atomic mass is 10.0. The molecule has 1 aromatic rings. The molecular weight excluding hydrogens is 266 g/mol. The second-order valence-electron chi connectivity index (χ2n) is 5.90. The van der Waals surface area contributed by atoms with E-state index in [4.69, 9.17) is 9.47 Å². The van der Waals surface area contributed by atoms with Crippen LogP contribution >= 0.6 is 0 Å². The Morgan fingerprint density at radius 2 is 2.29 bits per heavy atom. The molecule has 0 aliphatic carbocycles. The van der Waals surface area contributed by atoms with Crippen LogP contribution in [0.4, 0.5) is 0 Å². The van der Waals surface area contributed by atoms with E-state index in [1.165, 1.54) is 6.42 Å². The number of carbonyl (C=O) groups is 1. The third-order valence-corrected chi connectivity index (χ3v) is 4.27. The van der Waals surface area contributed by atoms with Crippen molar-refractivity contribution in [2.45, 2.75) is 32.1 Å². The number of carbonyl (C=O) groups excluding carboxylic acids is 1. The van der Waals surface area contributed by atoms with Crippen LogP contribution in [0.15, 0.2) is 18.2 Å². The average molecular weight is 289 g/mol. The van der Waals surface area contributed by atoms with Gasteiger partial charge in [0, 0.05) is 25.3 Å². The van der Waals surface area contributed by atoms with Crippen molar-refractivity contribution in [1.82, 2.24) is 5.32 Å². The van der Waals surface area contributed by atoms with Crippen molar-refractivity contribution in [3.63, 3.8) is 0 Å². The summed E-state index contributed by atoms with van der Waals surface area (Å²) in [5.41, 5.74) is 1.89. The quantitative estimate of drug-likeness (QED) is 0.847. The van der Waals surface area contributed by atoms with Crippen LogP contribution in [0.5, 0.6) is 5.75 Å². The van der Waals surface area contributed by atoms with E-state index in [0.29, 0.717) is 5.92 Å². The molecule has 2 aliphatic rings. The predicted molar refractivity (Wildman–Crippen MR) is 80.8 cm³/mol. The summed E-state index contributed by atoms with van der Waals surface area (Å²) in [6, 6.07) is 5.73. The second kappa shape index (κ2) is 6.94. The first-order valence-electron chi connectivity index (χ1n) is 7.94. The van der Waals surface area contributed by atoms with E-state index in [9.17, 15) is 4.79 Å². The molecule has 0 radical (unpaired) electrons. The molecule has 4 nitrogen and oxygen atoms in total. The maximum Gasteiger partial charge on any atom is 0.251 e. The zero-order valence-electron chi connectivity index (χ0n) is 12.4. The Labute approximate surface area is 125 Å². The Hall–Kier alpha value is -1.55. The van der Waals surface area contributed by atoms with Gasteiger partial charge in [-0.1, -0.05) is 0 Å². The molecule has 1 atom stereocenters. The van der Waals surface area contributed by atoms with Crippen LogP contribution in [0.1, 0.15) is 41.6 Å². The predicted octanol–water partition coefficient (Wildman–Crippen LogP) is 2.56. The van der Waals surface area contributed by atoms with E-state index in [1.807, 2.05) is 18.2 Å². The van der Waals surface area contributed by atoms with Crippen molar-refractivity contribution in [3.05, 3.63) is 29.3 Å². The second-order valence-corrected chi connectivity index (χ2v) is 5.90. The normalized spacial score (nSPS) is 20.7. The van der Waals surface area contributed by atoms with Gasteiger partial charge in [-0.25, -0.2) is 0 Å². The molecule has 1 aromatic carbocycles. The fourth-order valence-corrected chi connectivity index (χ4v) is 3.01. The highest BCUT2D eigenvalue weighted by Gasteiger charge is 2.16. The van der Waals surface area contributed by atoms with Crippen molar-refractivity contribution in [1.29, 1.82) is 0 Å². The summed E-state index contributed by atoms with van der Waals surface area (Å²) in [6.07, 6.45) is 5.35. The smallest absolute Gasteiger partial charge is 0.251 e. The maximum atomic E-state index is 12.1. The summed E-state index contributed by atoms with van der Waals surface area (Å²) in [5.74, 6) is 1.63. The van der Waals surface area contributed by atoms with Crippen LogP contribution < -0.4 is 10.1 Å². The zero-order chi connectivity index (χ0) is 14.5. The Morgan fingerprint density at radius 1 is 1.33 bits per heavy atom. The molecule has 21 heavy (non-hydrogen) atoms. The molecule has 1 N–H and O–H groups in total. The van der Waals surface area contributed by atoms with E-state index in [1.54, 1.807) is 0 Å². The third-order valence-electron chi connectivity index (χ3n) is 4.27. The molecule has 2 heterocycles. The van der Waals surface area contributed by atoms with Crippen LogP contribution in [-0.4, -0.2) is 32.3 Å². The number of amides is 1. The van der Waals surface area contributed by atoms with Crippen LogP contribution in [0.3, 0.4) is 0 Å². The number of hydrogen-bond donors (Lipinski definition) is 1. The van der Waals surface area contributed by atoms with Gasteiger partial charge in [0.05, 0.1) is 6.61 Å². The van der Waals surface area contributed by atoms with Gasteiger partial charge in [-0.15, -0.1) is 0 Å². The lowest BCUT2D eigenvalue weighted by Crippen LogP contribution is -2.25. The maximum absolute atomic E-state index is 12.1. The fourth-order valence-electron chi connectivity index (χ4n) is 3.01. The fraction of sp³-hybridized carbons (Fsp3) is 0.588. The Morgan fingerprint density at radius 3 is 3.14 bits per heavy atom. The summed E-state index contributed by atoms with van der Waals surface area (Å²) in [7, 11) is 0. The molecule has 1 amide bonds. The van der Waals surface area contributed by atoms with E-state index in [-0.39, 0.29) is 5.91 Å². The molecule has 0 unspecified atom stereocenters. The minimum absolute atomic E-state index is 0.0195. The number of ether oxygens (including phenoxy) is 2. The van der Waals surface area contributed by atoms with E-state index < -0.39 is 0 Å². The summed E-state index contributed by atoms with van der Waals surface area (Å²) in [6.45, 7) is 3.30. The molecule has 0 saturated carbocycles. The minimum atomic E-state index is 0.0195. The van der Waals surface area contributed by atoms with Crippen LogP contribution in [0.2, 0.25) is 0 Å². The molecule has 114 valence electrons. The molecule has 3 rings (SSSR count). The van der Waals surface area contributed by atoms with Gasteiger partial charge < -0.3 is 14.8 Å². The molecule has 1 saturated heterocycles. The van der Waals surface area contributed by atoms with Crippen LogP contribution in [0, 0.1) is 5.92 Å². The molecule has 4 heteroatoms. The van der Waals surface area contributed by atoms with E-state index in [0.717, 1.165) is 68.9 Å². The summed E-state index contributed by atoms with van der Waals surface area (Å²) >= 11 is 0. The number of fused-ring (bicyclic) bond motifs is 1. The highest BCUT2D eigenvalue weighted by molar-refractivity contribution is 5.94. The first kappa shape index (κ1) is 14.4. The number of nitrogens with one attached hydrogen (secondary N) is 1. The van der Waals surface area contributed by atoms with Gasteiger partial charge in [-0.2, -0.15) is 0 Å². The van der Waals surface area contributed by atoms with Crippen molar-refractivity contribution in [2.75, 3.05) is 26.4 Å². The van der Waals surface area contributed by atoms with Crippen LogP contribution in [0.25, 0.3) is 0 Å². The molecule has 0 bridgehead atoms. The van der Waals surface area contributed by atoms with E-state index in [2.05, 4.69) is 5.32 Å². The van der Waals surface area contributed by atoms with Gasteiger partial charge >= 0.3 is 0 Å². The lowest BCUT2D eigenvalue weighted by Gasteiger charge is -2.17. The molecule has 2 aliphatic heterocycles. The molecule has 1 fully saturated rings. The zero-order valence-corrected chi connectivity index (χ0v) is 12.4. The standard InChI is InChI=1S/C17H23NO3/c19-17(18-8-1-3-13-7-10-20-12-13)15-5-6-16-14(11-15)4-2-9-21-16/h5-6,11,13H,1-4,7-10,12H2,(H,18,19)/t13-/m0/s1. The highest BCUT2D eigenvalue weighted by Crippen LogP contribution is 2.25. The van der Waals surface area contributed by atoms with Crippen molar-refractivity contribution in [3.8, 4) is 5.75 Å². The van der Waals surface area contributed by atoms with Crippen molar-refractivity contribution < 1.29 is 14.3 Å². The molecular formula is C17H23NO3. The number of aryl methyl sites for hydroxylation is 1. The Bertz CT molecular complexity index is 495. The topological polar surface area (TPSA) is 47.6 Å². The Balaban J connectivity index is 1.46. The Kier molecular flexibility index (Phi) is 4.76. The van der Waals surface area contributed by atoms with Gasteiger partial charge in [0.1, 0.15) is 5.75 Å². The van der Waals surface area contributed by atoms with Crippen molar-refractivity contribution >= 4 is 5.91 Å². The van der Waals surface area contributed by atoms with Gasteiger partial charge in [-0.3, -0.25) is 4.79 Å². The first-order valence-corrected chi connectivity index (χ1v) is 7.94. The first-order chi connectivity index (χ1) is 10.3. The van der Waals surface area contributed by atoms with Gasteiger partial charge in [0.25, 0.3) is 5.91 Å². The van der Waals surface area contributed by atoms with Gasteiger partial charge in [0.2, 0.25) is 0 Å². The van der Waals surface area contributed by atoms with Gasteiger partial charge in [-0.05, 0) is 61.8 Å². The monoisotopic (exact) mass is 289 g/mol. The van der Waals surface area contributed by atoms with Crippen LogP contribution in [-0.2, 0) is 11.2 Å². The third kappa shape index (κ3) is 3.76. The lowest BCUT2D eigenvalue weighted by molar-refractivity contribution is 0.0952. The number of hydrogen-bond acceptors (Lipinski definition) is 3.